The van der Waals surface area contributed by atoms with Crippen LogP contribution in [0.15, 0.2) is 47.6 Å². The average molecular weight is 284 g/mol. The fourth-order valence-corrected chi connectivity index (χ4v) is 2.27. The summed E-state index contributed by atoms with van der Waals surface area (Å²) in [5, 5.41) is 0. The van der Waals surface area contributed by atoms with Gasteiger partial charge in [0, 0.05) is 18.8 Å². The molecule has 0 spiro atoms. The van der Waals surface area contributed by atoms with Crippen molar-refractivity contribution in [3.8, 4) is 11.1 Å². The summed E-state index contributed by atoms with van der Waals surface area (Å²) in [7, 11) is 1.58. The molecule has 2 aromatic rings. The monoisotopic (exact) mass is 284 g/mol. The number of hydrogen-bond donors (Lipinski definition) is 1. The van der Waals surface area contributed by atoms with Crippen LogP contribution in [0.2, 0.25) is 0 Å². The largest absolute Gasteiger partial charge is 0.369 e. The quantitative estimate of drug-likeness (QED) is 0.853. The molecule has 21 heavy (non-hydrogen) atoms. The molecule has 2 N–H and O–H groups in total. The zero-order valence-corrected chi connectivity index (χ0v) is 11.3. The van der Waals surface area contributed by atoms with Gasteiger partial charge >= 0.3 is 0 Å². The first kappa shape index (κ1) is 13.2. The van der Waals surface area contributed by atoms with E-state index in [0.717, 1.165) is 0 Å². The van der Waals surface area contributed by atoms with E-state index < -0.39 is 12.0 Å². The number of nitrogens with two attached hydrogens (primary N) is 1. The maximum atomic E-state index is 13.8. The van der Waals surface area contributed by atoms with E-state index in [0.29, 0.717) is 16.7 Å². The first-order valence-electron chi connectivity index (χ1n) is 6.39. The minimum atomic E-state index is -0.672. The maximum Gasteiger partial charge on any atom is 0.258 e. The van der Waals surface area contributed by atoms with Crippen molar-refractivity contribution < 1.29 is 9.18 Å². The molecular weight excluding hydrogens is 271 g/mol. The number of benzene rings is 1. The molecule has 0 saturated heterocycles. The van der Waals surface area contributed by atoms with Crippen molar-refractivity contribution in [3.05, 3.63) is 54.1 Å². The second kappa shape index (κ2) is 4.97. The number of hydrogen-bond acceptors (Lipinski definition) is 4. The number of carbonyl (C=O) groups is 1. The zero-order chi connectivity index (χ0) is 15.0. The SMILES string of the molecule is CN1C(=O)C(c2cccc(-c3cccnc3F)c2)N=C1N. The van der Waals surface area contributed by atoms with Crippen LogP contribution in [0, 0.1) is 5.95 Å². The van der Waals surface area contributed by atoms with Crippen LogP contribution in [-0.2, 0) is 4.79 Å². The predicted octanol–water partition coefficient (Wildman–Crippen LogP) is 1.72. The van der Waals surface area contributed by atoms with Gasteiger partial charge in [-0.1, -0.05) is 18.2 Å². The Hall–Kier alpha value is -2.76. The number of aliphatic imine (C=N–C) groups is 1. The lowest BCUT2D eigenvalue weighted by Crippen LogP contribution is -2.34. The summed E-state index contributed by atoms with van der Waals surface area (Å²) in [5.74, 6) is -0.563. The average Bonchev–Trinajstić information content (AvgIpc) is 2.75. The van der Waals surface area contributed by atoms with E-state index in [-0.39, 0.29) is 11.9 Å². The van der Waals surface area contributed by atoms with E-state index in [4.69, 9.17) is 5.73 Å². The van der Waals surface area contributed by atoms with Crippen LogP contribution in [0.25, 0.3) is 11.1 Å². The predicted molar refractivity (Wildman–Crippen MR) is 76.8 cm³/mol. The third-order valence-electron chi connectivity index (χ3n) is 3.44. The van der Waals surface area contributed by atoms with Crippen molar-refractivity contribution in [2.75, 3.05) is 7.05 Å². The maximum absolute atomic E-state index is 13.8. The number of carbonyl (C=O) groups excluding carboxylic acids is 1. The molecule has 106 valence electrons. The number of likely N-dealkylation sites (N-methyl/N-ethyl adjacent to an activating group) is 1. The van der Waals surface area contributed by atoms with E-state index in [2.05, 4.69) is 9.98 Å². The molecular formula is C15H13FN4O. The highest BCUT2D eigenvalue weighted by Crippen LogP contribution is 2.29. The van der Waals surface area contributed by atoms with E-state index in [1.54, 1.807) is 43.4 Å². The number of aromatic nitrogens is 1. The van der Waals surface area contributed by atoms with Gasteiger partial charge in [0.2, 0.25) is 5.95 Å². The first-order chi connectivity index (χ1) is 10.1. The summed E-state index contributed by atoms with van der Waals surface area (Å²) >= 11 is 0. The second-order valence-electron chi connectivity index (χ2n) is 4.75. The van der Waals surface area contributed by atoms with E-state index >= 15 is 0 Å². The highest BCUT2D eigenvalue weighted by molar-refractivity contribution is 6.04. The van der Waals surface area contributed by atoms with Gasteiger partial charge < -0.3 is 5.73 Å². The Balaban J connectivity index is 2.02. The first-order valence-corrected chi connectivity index (χ1v) is 6.39. The lowest BCUT2D eigenvalue weighted by atomic mass is 10.0. The minimum absolute atomic E-state index is 0.183. The van der Waals surface area contributed by atoms with Crippen molar-refractivity contribution in [1.29, 1.82) is 0 Å². The molecule has 1 aliphatic heterocycles. The highest BCUT2D eigenvalue weighted by atomic mass is 19.1. The summed E-state index contributed by atoms with van der Waals surface area (Å²) in [5.41, 5.74) is 7.36. The molecule has 2 heterocycles. The molecule has 1 unspecified atom stereocenters. The van der Waals surface area contributed by atoms with E-state index in [1.165, 1.54) is 11.1 Å². The lowest BCUT2D eigenvalue weighted by molar-refractivity contribution is -0.126. The van der Waals surface area contributed by atoms with Gasteiger partial charge in [0.1, 0.15) is 0 Å². The van der Waals surface area contributed by atoms with Gasteiger partial charge in [0.05, 0.1) is 0 Å². The Kier molecular flexibility index (Phi) is 3.13. The lowest BCUT2D eigenvalue weighted by Gasteiger charge is -2.11. The van der Waals surface area contributed by atoms with Crippen LogP contribution in [-0.4, -0.2) is 28.8 Å². The van der Waals surface area contributed by atoms with Crippen LogP contribution < -0.4 is 5.73 Å². The van der Waals surface area contributed by atoms with Crippen LogP contribution in [0.3, 0.4) is 0 Å². The Morgan fingerprint density at radius 3 is 2.76 bits per heavy atom. The number of rotatable bonds is 2. The second-order valence-corrected chi connectivity index (χ2v) is 4.75. The molecule has 1 atom stereocenters. The van der Waals surface area contributed by atoms with Crippen molar-refractivity contribution in [2.24, 2.45) is 10.7 Å². The summed E-state index contributed by atoms with van der Waals surface area (Å²) in [6.07, 6.45) is 1.39. The molecule has 1 aromatic carbocycles. The summed E-state index contributed by atoms with van der Waals surface area (Å²) in [6, 6.07) is 9.66. The molecule has 3 rings (SSSR count). The fourth-order valence-electron chi connectivity index (χ4n) is 2.27. The minimum Gasteiger partial charge on any atom is -0.369 e. The number of nitrogens with zero attached hydrogens (tertiary/aromatic N) is 3. The van der Waals surface area contributed by atoms with Crippen molar-refractivity contribution in [1.82, 2.24) is 9.88 Å². The summed E-state index contributed by atoms with van der Waals surface area (Å²) in [6.45, 7) is 0. The molecule has 0 saturated carbocycles. The van der Waals surface area contributed by atoms with Gasteiger partial charge in [-0.05, 0) is 29.3 Å². The highest BCUT2D eigenvalue weighted by Gasteiger charge is 2.31. The number of guanidine groups is 1. The number of halogens is 1. The molecule has 1 aromatic heterocycles. The van der Waals surface area contributed by atoms with Gasteiger partial charge in [-0.15, -0.1) is 0 Å². The third kappa shape index (κ3) is 2.24. The molecule has 1 aliphatic rings. The van der Waals surface area contributed by atoms with E-state index in [1.807, 2.05) is 0 Å². The van der Waals surface area contributed by atoms with E-state index in [9.17, 15) is 9.18 Å². The third-order valence-corrected chi connectivity index (χ3v) is 3.44. The summed E-state index contributed by atoms with van der Waals surface area (Å²) in [4.78, 5) is 21.2. The number of pyridine rings is 1. The Labute approximate surface area is 120 Å². The van der Waals surface area contributed by atoms with Crippen LogP contribution >= 0.6 is 0 Å². The smallest absolute Gasteiger partial charge is 0.258 e. The fraction of sp³-hybridized carbons (Fsp3) is 0.133. The van der Waals surface area contributed by atoms with Crippen LogP contribution in [0.4, 0.5) is 4.39 Å². The molecule has 5 nitrogen and oxygen atoms in total. The molecule has 0 bridgehead atoms. The normalized spacial score (nSPS) is 18.0. The standard InChI is InChI=1S/C15H13FN4O/c1-20-14(21)12(19-15(20)17)10-5-2-4-9(8-10)11-6-3-7-18-13(11)16/h2-8,12H,1H3,(H2,17,19). The Morgan fingerprint density at radius 2 is 2.10 bits per heavy atom. The molecule has 0 aliphatic carbocycles. The van der Waals surface area contributed by atoms with Gasteiger partial charge in [-0.2, -0.15) is 4.39 Å². The van der Waals surface area contributed by atoms with Crippen LogP contribution in [0.1, 0.15) is 11.6 Å². The summed E-state index contributed by atoms with van der Waals surface area (Å²) < 4.78 is 13.8. The van der Waals surface area contributed by atoms with Gasteiger partial charge in [0.15, 0.2) is 12.0 Å². The molecule has 1 amide bonds. The van der Waals surface area contributed by atoms with Gasteiger partial charge in [-0.3, -0.25) is 9.69 Å². The zero-order valence-electron chi connectivity index (χ0n) is 11.3. The van der Waals surface area contributed by atoms with Crippen molar-refractivity contribution in [2.45, 2.75) is 6.04 Å². The molecule has 0 radical (unpaired) electrons. The Morgan fingerprint density at radius 1 is 1.29 bits per heavy atom. The van der Waals surface area contributed by atoms with Crippen molar-refractivity contribution >= 4 is 11.9 Å². The molecule has 0 fully saturated rings. The van der Waals surface area contributed by atoms with Gasteiger partial charge in [0.25, 0.3) is 5.91 Å². The van der Waals surface area contributed by atoms with Crippen LogP contribution in [0.5, 0.6) is 0 Å². The Bertz CT molecular complexity index is 744. The molecule has 6 heteroatoms. The number of amides is 1. The van der Waals surface area contributed by atoms with Gasteiger partial charge in [-0.25, -0.2) is 9.98 Å². The topological polar surface area (TPSA) is 71.6 Å². The van der Waals surface area contributed by atoms with Crippen molar-refractivity contribution in [3.63, 3.8) is 0 Å².